The van der Waals surface area contributed by atoms with Crippen molar-refractivity contribution in [1.29, 1.82) is 0 Å². The van der Waals surface area contributed by atoms with Crippen molar-refractivity contribution < 1.29 is 14.7 Å². The van der Waals surface area contributed by atoms with Crippen LogP contribution in [0.15, 0.2) is 28.8 Å². The predicted molar refractivity (Wildman–Crippen MR) is 62.8 cm³/mol. The van der Waals surface area contributed by atoms with Crippen molar-refractivity contribution in [3.63, 3.8) is 0 Å². The fraction of sp³-hybridized carbons (Fsp3) is 0.333. The quantitative estimate of drug-likeness (QED) is 0.728. The van der Waals surface area contributed by atoms with E-state index in [2.05, 4.69) is 15.5 Å². The summed E-state index contributed by atoms with van der Waals surface area (Å²) in [5, 5.41) is 25.8. The molecule has 3 rings (SSSR count). The van der Waals surface area contributed by atoms with E-state index in [1.165, 1.54) is 0 Å². The summed E-state index contributed by atoms with van der Waals surface area (Å²) in [6.45, 7) is 0.536. The van der Waals surface area contributed by atoms with E-state index in [1.54, 1.807) is 24.3 Å². The largest absolute Gasteiger partial charge is 0.508 e. The minimum absolute atomic E-state index is 0.0986. The molecule has 1 fully saturated rings. The monoisotopic (exact) mass is 247 g/mol. The first kappa shape index (κ1) is 11.2. The summed E-state index contributed by atoms with van der Waals surface area (Å²) in [5.74, 6) is 1.06. The molecule has 1 aromatic heterocycles. The topological polar surface area (TPSA) is 91.4 Å². The maximum Gasteiger partial charge on any atom is 0.244 e. The third kappa shape index (κ3) is 2.07. The Morgan fingerprint density at radius 1 is 1.39 bits per heavy atom. The first-order chi connectivity index (χ1) is 8.72. The van der Waals surface area contributed by atoms with Crippen molar-refractivity contribution in [2.45, 2.75) is 18.6 Å². The summed E-state index contributed by atoms with van der Waals surface area (Å²) in [6.07, 6.45) is 0.202. The fourth-order valence-corrected chi connectivity index (χ4v) is 2.04. The van der Waals surface area contributed by atoms with Crippen LogP contribution in [0.25, 0.3) is 11.4 Å². The molecule has 1 saturated heterocycles. The number of nitrogens with one attached hydrogen (secondary N) is 1. The molecule has 0 spiro atoms. The number of aliphatic hydroxyl groups is 1. The van der Waals surface area contributed by atoms with Gasteiger partial charge in [-0.2, -0.15) is 4.98 Å². The van der Waals surface area contributed by atoms with Crippen LogP contribution in [-0.2, 0) is 0 Å². The van der Waals surface area contributed by atoms with Crippen LogP contribution in [-0.4, -0.2) is 33.0 Å². The van der Waals surface area contributed by atoms with Gasteiger partial charge in [-0.1, -0.05) is 17.3 Å². The Labute approximate surface area is 103 Å². The minimum Gasteiger partial charge on any atom is -0.508 e. The highest BCUT2D eigenvalue weighted by Crippen LogP contribution is 2.25. The van der Waals surface area contributed by atoms with E-state index >= 15 is 0 Å². The molecule has 0 aliphatic carbocycles. The van der Waals surface area contributed by atoms with Gasteiger partial charge in [0.25, 0.3) is 0 Å². The highest BCUT2D eigenvalue weighted by atomic mass is 16.5. The molecule has 2 aromatic rings. The molecular weight excluding hydrogens is 234 g/mol. The lowest BCUT2D eigenvalue weighted by Gasteiger charge is -2.01. The Kier molecular flexibility index (Phi) is 2.73. The lowest BCUT2D eigenvalue weighted by atomic mass is 10.2. The molecule has 6 heteroatoms. The van der Waals surface area contributed by atoms with E-state index in [4.69, 9.17) is 4.52 Å². The van der Waals surface area contributed by atoms with Crippen molar-refractivity contribution in [3.8, 4) is 17.1 Å². The number of aliphatic hydroxyl groups excluding tert-OH is 1. The number of phenols is 1. The van der Waals surface area contributed by atoms with Crippen LogP contribution < -0.4 is 5.32 Å². The van der Waals surface area contributed by atoms with E-state index in [0.717, 1.165) is 0 Å². The van der Waals surface area contributed by atoms with E-state index in [1.807, 2.05) is 0 Å². The molecule has 1 aliphatic rings. The van der Waals surface area contributed by atoms with Gasteiger partial charge in [-0.3, -0.25) is 0 Å². The molecule has 6 nitrogen and oxygen atoms in total. The van der Waals surface area contributed by atoms with E-state index in [9.17, 15) is 10.2 Å². The van der Waals surface area contributed by atoms with Crippen LogP contribution in [0, 0.1) is 0 Å². The molecule has 0 bridgehead atoms. The van der Waals surface area contributed by atoms with Crippen molar-refractivity contribution in [2.24, 2.45) is 0 Å². The molecule has 0 radical (unpaired) electrons. The number of nitrogens with zero attached hydrogens (tertiary/aromatic N) is 2. The Bertz CT molecular complexity index is 555. The lowest BCUT2D eigenvalue weighted by Crippen LogP contribution is -2.15. The maximum absolute atomic E-state index is 9.44. The summed E-state index contributed by atoms with van der Waals surface area (Å²) in [7, 11) is 0. The first-order valence-corrected chi connectivity index (χ1v) is 5.77. The molecule has 2 unspecified atom stereocenters. The number of β-amino-alcohol motifs (C(OH)–C–C–N with tert-alkyl or cyclic N) is 1. The van der Waals surface area contributed by atoms with Gasteiger partial charge in [0.15, 0.2) is 0 Å². The number of benzene rings is 1. The molecule has 3 N–H and O–H groups in total. The zero-order valence-corrected chi connectivity index (χ0v) is 9.58. The van der Waals surface area contributed by atoms with Crippen LogP contribution in [0.4, 0.5) is 0 Å². The van der Waals surface area contributed by atoms with Crippen molar-refractivity contribution >= 4 is 0 Å². The van der Waals surface area contributed by atoms with Gasteiger partial charge in [0.2, 0.25) is 11.7 Å². The van der Waals surface area contributed by atoms with Crippen LogP contribution >= 0.6 is 0 Å². The van der Waals surface area contributed by atoms with Crippen molar-refractivity contribution in [2.75, 3.05) is 6.54 Å². The summed E-state index contributed by atoms with van der Waals surface area (Å²) in [4.78, 5) is 4.28. The third-order valence-corrected chi connectivity index (χ3v) is 2.95. The standard InChI is InChI=1S/C12H13N3O3/c16-8-3-1-2-7(4-8)11-14-12(18-15-11)10-5-9(17)6-13-10/h1-4,9-10,13,16-17H,5-6H2. The normalized spacial score (nSPS) is 23.4. The molecule has 2 atom stereocenters. The molecule has 0 saturated carbocycles. The number of phenolic OH excluding ortho intramolecular Hbond substituents is 1. The number of hydrogen-bond donors (Lipinski definition) is 3. The zero-order valence-electron chi connectivity index (χ0n) is 9.58. The fourth-order valence-electron chi connectivity index (χ4n) is 2.04. The van der Waals surface area contributed by atoms with E-state index < -0.39 is 0 Å². The van der Waals surface area contributed by atoms with Gasteiger partial charge in [-0.15, -0.1) is 0 Å². The average molecular weight is 247 g/mol. The van der Waals surface area contributed by atoms with Crippen molar-refractivity contribution in [3.05, 3.63) is 30.2 Å². The molecule has 0 amide bonds. The second-order valence-corrected chi connectivity index (χ2v) is 4.36. The molecule has 94 valence electrons. The van der Waals surface area contributed by atoms with Crippen LogP contribution in [0.2, 0.25) is 0 Å². The molecular formula is C12H13N3O3. The minimum atomic E-state index is -0.369. The first-order valence-electron chi connectivity index (χ1n) is 5.77. The third-order valence-electron chi connectivity index (χ3n) is 2.95. The molecule has 18 heavy (non-hydrogen) atoms. The van der Waals surface area contributed by atoms with Crippen LogP contribution in [0.1, 0.15) is 18.4 Å². The highest BCUT2D eigenvalue weighted by Gasteiger charge is 2.28. The van der Waals surface area contributed by atoms with Gasteiger partial charge >= 0.3 is 0 Å². The molecule has 1 aromatic carbocycles. The summed E-state index contributed by atoms with van der Waals surface area (Å²) >= 11 is 0. The lowest BCUT2D eigenvalue weighted by molar-refractivity contribution is 0.191. The van der Waals surface area contributed by atoms with Gasteiger partial charge < -0.3 is 20.1 Å². The van der Waals surface area contributed by atoms with E-state index in [-0.39, 0.29) is 17.9 Å². The number of rotatable bonds is 2. The summed E-state index contributed by atoms with van der Waals surface area (Å²) in [5.41, 5.74) is 0.698. The van der Waals surface area contributed by atoms with Crippen LogP contribution in [0.5, 0.6) is 5.75 Å². The Balaban J connectivity index is 1.85. The van der Waals surface area contributed by atoms with Crippen molar-refractivity contribution in [1.82, 2.24) is 15.5 Å². The summed E-state index contributed by atoms with van der Waals surface area (Å²) in [6, 6.07) is 6.58. The average Bonchev–Trinajstić information content (AvgIpc) is 2.97. The highest BCUT2D eigenvalue weighted by molar-refractivity contribution is 5.56. The van der Waals surface area contributed by atoms with Gasteiger partial charge in [0.05, 0.1) is 12.1 Å². The smallest absolute Gasteiger partial charge is 0.244 e. The van der Waals surface area contributed by atoms with E-state index in [0.29, 0.717) is 30.2 Å². The Morgan fingerprint density at radius 3 is 3.00 bits per heavy atom. The maximum atomic E-state index is 9.44. The zero-order chi connectivity index (χ0) is 12.5. The number of hydrogen-bond acceptors (Lipinski definition) is 6. The van der Waals surface area contributed by atoms with Gasteiger partial charge in [-0.05, 0) is 18.6 Å². The number of aromatic nitrogens is 2. The van der Waals surface area contributed by atoms with Gasteiger partial charge in [-0.25, -0.2) is 0 Å². The van der Waals surface area contributed by atoms with Gasteiger partial charge in [0.1, 0.15) is 5.75 Å². The van der Waals surface area contributed by atoms with Crippen LogP contribution in [0.3, 0.4) is 0 Å². The molecule has 1 aliphatic heterocycles. The van der Waals surface area contributed by atoms with Gasteiger partial charge in [0, 0.05) is 12.1 Å². The Morgan fingerprint density at radius 2 is 2.28 bits per heavy atom. The second kappa shape index (κ2) is 4.40. The second-order valence-electron chi connectivity index (χ2n) is 4.36. The predicted octanol–water partition coefficient (Wildman–Crippen LogP) is 0.837. The molecule has 2 heterocycles. The number of aromatic hydroxyl groups is 1. The Hall–Kier alpha value is -1.92. The SMILES string of the molecule is Oc1cccc(-c2noc(C3CC(O)CN3)n2)c1. The summed E-state index contributed by atoms with van der Waals surface area (Å²) < 4.78 is 5.17.